The average Bonchev–Trinajstić information content (AvgIpc) is 2.90. The first kappa shape index (κ1) is 30.6. The van der Waals surface area contributed by atoms with E-state index in [1.807, 2.05) is 31.2 Å². The van der Waals surface area contributed by atoms with Gasteiger partial charge in [-0.15, -0.1) is 0 Å². The minimum Gasteiger partial charge on any atom is -0.508 e. The fourth-order valence-electron chi connectivity index (χ4n) is 4.45. The lowest BCUT2D eigenvalue weighted by Crippen LogP contribution is -2.39. The Hall–Kier alpha value is -3.60. The minimum absolute atomic E-state index is 0.0112. The zero-order valence-corrected chi connectivity index (χ0v) is 23.4. The number of aryl methyl sites for hydroxylation is 2. The number of aliphatic hydroxyl groups excluding tert-OH is 1. The molecule has 0 radical (unpaired) electrons. The number of esters is 2. The number of benzene rings is 2. The van der Waals surface area contributed by atoms with Crippen LogP contribution in [0, 0.1) is 6.92 Å². The smallest absolute Gasteiger partial charge is 0.341 e. The van der Waals surface area contributed by atoms with E-state index in [4.69, 9.17) is 9.47 Å². The first-order valence-corrected chi connectivity index (χ1v) is 13.3. The topological polar surface area (TPSA) is 72.8 Å². The van der Waals surface area contributed by atoms with Gasteiger partial charge in [0.05, 0.1) is 11.0 Å². The molecule has 38 heavy (non-hydrogen) atoms. The van der Waals surface area contributed by atoms with Gasteiger partial charge in [0.2, 0.25) is 0 Å². The van der Waals surface area contributed by atoms with Crippen LogP contribution in [0.3, 0.4) is 0 Å². The molecule has 5 nitrogen and oxygen atoms in total. The molecule has 0 aliphatic heterocycles. The van der Waals surface area contributed by atoms with E-state index in [-0.39, 0.29) is 18.8 Å². The first-order valence-electron chi connectivity index (χ1n) is 13.3. The summed E-state index contributed by atoms with van der Waals surface area (Å²) in [6.07, 6.45) is 6.10. The molecule has 0 spiro atoms. The van der Waals surface area contributed by atoms with E-state index in [0.29, 0.717) is 12.0 Å². The van der Waals surface area contributed by atoms with Crippen molar-refractivity contribution < 1.29 is 24.2 Å². The predicted octanol–water partition coefficient (Wildman–Crippen LogP) is 7.72. The van der Waals surface area contributed by atoms with Crippen molar-refractivity contribution in [2.75, 3.05) is 13.2 Å². The molecule has 2 aromatic carbocycles. The third kappa shape index (κ3) is 8.20. The number of rotatable bonds is 15. The van der Waals surface area contributed by atoms with Gasteiger partial charge in [-0.25, -0.2) is 9.59 Å². The number of hydrogen-bond donors (Lipinski definition) is 1. The van der Waals surface area contributed by atoms with Crippen LogP contribution in [0.1, 0.15) is 69.6 Å². The molecule has 0 fully saturated rings. The van der Waals surface area contributed by atoms with Crippen molar-refractivity contribution >= 4 is 11.9 Å². The largest absolute Gasteiger partial charge is 0.508 e. The molecule has 2 rings (SSSR count). The second-order valence-electron chi connectivity index (χ2n) is 10.1. The van der Waals surface area contributed by atoms with Gasteiger partial charge in [0.1, 0.15) is 19.0 Å². The molecule has 0 saturated heterocycles. The molecular weight excluding hydrogens is 476 g/mol. The van der Waals surface area contributed by atoms with Crippen LogP contribution in [0.15, 0.2) is 79.1 Å². The second kappa shape index (κ2) is 14.4. The normalized spacial score (nSPS) is 12.3. The maximum absolute atomic E-state index is 12.4. The van der Waals surface area contributed by atoms with Crippen molar-refractivity contribution in [2.45, 2.75) is 71.6 Å². The van der Waals surface area contributed by atoms with Gasteiger partial charge in [0.15, 0.2) is 0 Å². The van der Waals surface area contributed by atoms with Crippen LogP contribution in [-0.4, -0.2) is 30.3 Å². The van der Waals surface area contributed by atoms with Gasteiger partial charge in [0, 0.05) is 5.57 Å². The van der Waals surface area contributed by atoms with Gasteiger partial charge in [0.25, 0.3) is 0 Å². The Morgan fingerprint density at radius 3 is 2.00 bits per heavy atom. The summed E-state index contributed by atoms with van der Waals surface area (Å²) in [4.78, 5) is 24.7. The lowest BCUT2D eigenvalue weighted by atomic mass is 9.77. The number of aliphatic hydroxyl groups is 1. The Morgan fingerprint density at radius 1 is 0.868 bits per heavy atom. The highest BCUT2D eigenvalue weighted by Crippen LogP contribution is 2.34. The van der Waals surface area contributed by atoms with Gasteiger partial charge in [-0.3, -0.25) is 0 Å². The molecule has 0 amide bonds. The Labute approximate surface area is 227 Å². The highest BCUT2D eigenvalue weighted by Gasteiger charge is 2.35. The van der Waals surface area contributed by atoms with Crippen molar-refractivity contribution in [3.8, 4) is 11.1 Å². The number of hydrogen-bond acceptors (Lipinski definition) is 5. The average molecular weight is 519 g/mol. The zero-order chi connectivity index (χ0) is 28.3. The summed E-state index contributed by atoms with van der Waals surface area (Å²) in [6.45, 7) is 18.5. The zero-order valence-electron chi connectivity index (χ0n) is 23.4. The predicted molar refractivity (Wildman–Crippen MR) is 154 cm³/mol. The number of carbonyl (C=O) groups excluding carboxylic acids is 2. The molecule has 1 atom stereocenters. The minimum atomic E-state index is -0.788. The Balaban J connectivity index is 2.37. The van der Waals surface area contributed by atoms with Gasteiger partial charge in [-0.2, -0.15) is 0 Å². The quantitative estimate of drug-likeness (QED) is 0.0859. The Kier molecular flexibility index (Phi) is 11.6. The molecule has 1 unspecified atom stereocenters. The van der Waals surface area contributed by atoms with E-state index < -0.39 is 23.1 Å². The van der Waals surface area contributed by atoms with Crippen LogP contribution < -0.4 is 0 Å². The Bertz CT molecular complexity index is 1160. The fraction of sp³-hybridized carbons (Fsp3) is 0.394. The monoisotopic (exact) mass is 518 g/mol. The van der Waals surface area contributed by atoms with E-state index in [1.165, 1.54) is 30.4 Å². The summed E-state index contributed by atoms with van der Waals surface area (Å²) in [5, 5.41) is 9.53. The van der Waals surface area contributed by atoms with E-state index in [9.17, 15) is 14.7 Å². The van der Waals surface area contributed by atoms with Crippen molar-refractivity contribution in [3.05, 3.63) is 95.8 Å². The highest BCUT2D eigenvalue weighted by atomic mass is 16.5. The van der Waals surface area contributed by atoms with Crippen LogP contribution in [0.2, 0.25) is 0 Å². The Morgan fingerprint density at radius 2 is 1.47 bits per heavy atom. The van der Waals surface area contributed by atoms with Gasteiger partial charge in [-0.1, -0.05) is 95.3 Å². The van der Waals surface area contributed by atoms with E-state index in [2.05, 4.69) is 51.8 Å². The molecule has 0 heterocycles. The van der Waals surface area contributed by atoms with Crippen LogP contribution in [-0.2, 0) is 30.9 Å². The standard InChI is InChI=1S/C33H42O5/c1-8-10-11-12-27-13-14-29(20-24(27)5)28-15-17-30(18-16-28)33(19-9-2,21-37-31(35)23(3)4)22-38-32(36)25(6)26(7)34/h13-18,20,34H,3,6-12,19,21-22H2,1-2,4-5H3. The van der Waals surface area contributed by atoms with Crippen molar-refractivity contribution in [1.82, 2.24) is 0 Å². The molecule has 5 heteroatoms. The van der Waals surface area contributed by atoms with Gasteiger partial charge in [-0.05, 0) is 60.9 Å². The highest BCUT2D eigenvalue weighted by molar-refractivity contribution is 5.91. The third-order valence-electron chi connectivity index (χ3n) is 6.85. The molecule has 1 N–H and O–H groups in total. The maximum Gasteiger partial charge on any atom is 0.341 e. The van der Waals surface area contributed by atoms with E-state index >= 15 is 0 Å². The van der Waals surface area contributed by atoms with Crippen molar-refractivity contribution in [2.24, 2.45) is 0 Å². The van der Waals surface area contributed by atoms with E-state index in [0.717, 1.165) is 29.5 Å². The summed E-state index contributed by atoms with van der Waals surface area (Å²) < 4.78 is 11.1. The lowest BCUT2D eigenvalue weighted by Gasteiger charge is -2.33. The molecule has 204 valence electrons. The van der Waals surface area contributed by atoms with Gasteiger partial charge < -0.3 is 14.6 Å². The molecule has 0 aliphatic rings. The molecule has 0 saturated carbocycles. The van der Waals surface area contributed by atoms with Crippen LogP contribution >= 0.6 is 0 Å². The van der Waals surface area contributed by atoms with Gasteiger partial charge >= 0.3 is 11.9 Å². The van der Waals surface area contributed by atoms with Crippen molar-refractivity contribution in [1.29, 1.82) is 0 Å². The molecule has 0 aromatic heterocycles. The number of carbonyl (C=O) groups is 2. The van der Waals surface area contributed by atoms with Crippen LogP contribution in [0.4, 0.5) is 0 Å². The maximum atomic E-state index is 12.4. The molecule has 0 aliphatic carbocycles. The summed E-state index contributed by atoms with van der Waals surface area (Å²) >= 11 is 0. The summed E-state index contributed by atoms with van der Waals surface area (Å²) in [7, 11) is 0. The number of unbranched alkanes of at least 4 members (excludes halogenated alkanes) is 2. The fourth-order valence-corrected chi connectivity index (χ4v) is 4.45. The summed E-state index contributed by atoms with van der Waals surface area (Å²) in [5.74, 6) is -1.72. The van der Waals surface area contributed by atoms with E-state index in [1.54, 1.807) is 6.92 Å². The lowest BCUT2D eigenvalue weighted by molar-refractivity contribution is -0.145. The molecular formula is C33H42O5. The molecule has 0 bridgehead atoms. The SMILES string of the molecule is C=C(C)C(=O)OCC(CCC)(COC(=O)C(=C)C(=C)O)c1ccc(-c2ccc(CCCCC)c(C)c2)cc1. The van der Waals surface area contributed by atoms with Crippen LogP contribution in [0.5, 0.6) is 0 Å². The third-order valence-corrected chi connectivity index (χ3v) is 6.85. The summed E-state index contributed by atoms with van der Waals surface area (Å²) in [6, 6.07) is 14.7. The van der Waals surface area contributed by atoms with Crippen molar-refractivity contribution in [3.63, 3.8) is 0 Å². The van der Waals surface area contributed by atoms with Crippen LogP contribution in [0.25, 0.3) is 11.1 Å². The number of ether oxygens (including phenoxy) is 2. The second-order valence-corrected chi connectivity index (χ2v) is 10.1. The summed E-state index contributed by atoms with van der Waals surface area (Å²) in [5.41, 5.74) is 5.05. The first-order chi connectivity index (χ1) is 18.0. The molecule has 2 aromatic rings.